The number of hydrogen-bond donors (Lipinski definition) is 5. The zero-order valence-corrected chi connectivity index (χ0v) is 26.1. The molecule has 0 saturated carbocycles. The van der Waals surface area contributed by atoms with Crippen molar-refractivity contribution in [3.05, 3.63) is 47.0 Å². The van der Waals surface area contributed by atoms with Crippen molar-refractivity contribution in [1.82, 2.24) is 10.3 Å². The lowest BCUT2D eigenvalue weighted by Gasteiger charge is -2.33. The Kier molecular flexibility index (Phi) is 11.5. The summed E-state index contributed by atoms with van der Waals surface area (Å²) in [6.07, 6.45) is -0.431. The Hall–Kier alpha value is -3.24. The molecule has 2 aromatic carbocycles. The van der Waals surface area contributed by atoms with Crippen LogP contribution in [0.3, 0.4) is 0 Å². The standard InChI is InChI=1S/C27H39ClF2N10O2S/c1-5-27(29,30)20-14-17(40(34)23(31)35-24(36-32)37-38-33)15-21(28)22(20)16-6-8-18(9-7-16)43-19-10-12-39(13-11-19)25(41)42-26(2,3)4/h6-9,14-15,19,23H,5,10-13,31-32,34H2,1-4H3,(H3,33,35,36,37). The summed E-state index contributed by atoms with van der Waals surface area (Å²) in [4.78, 5) is 19.0. The third kappa shape index (κ3) is 9.13. The number of carbonyl (C=O) groups excluding carboxylic acids is 1. The number of piperidine rings is 1. The molecule has 0 bridgehead atoms. The van der Waals surface area contributed by atoms with Gasteiger partial charge in [0.2, 0.25) is 0 Å². The molecule has 236 valence electrons. The number of halogens is 3. The first-order valence-corrected chi connectivity index (χ1v) is 14.9. The van der Waals surface area contributed by atoms with E-state index in [0.717, 1.165) is 22.7 Å². The number of nitrogens with zero attached hydrogens (tertiary/aromatic N) is 5. The van der Waals surface area contributed by atoms with Gasteiger partial charge in [-0.2, -0.15) is 0 Å². The number of amides is 1. The minimum atomic E-state index is -3.23. The average Bonchev–Trinajstić information content (AvgIpc) is 2.96. The highest BCUT2D eigenvalue weighted by atomic mass is 35.5. The summed E-state index contributed by atoms with van der Waals surface area (Å²) in [6.45, 7) is 8.13. The van der Waals surface area contributed by atoms with Crippen LogP contribution in [-0.4, -0.2) is 47.2 Å². The monoisotopic (exact) mass is 640 g/mol. The van der Waals surface area contributed by atoms with Crippen LogP contribution in [0.4, 0.5) is 19.3 Å². The minimum absolute atomic E-state index is 0.0565. The minimum Gasteiger partial charge on any atom is -0.444 e. The predicted octanol–water partition coefficient (Wildman–Crippen LogP) is 5.07. The van der Waals surface area contributed by atoms with Crippen molar-refractivity contribution < 1.29 is 18.3 Å². The number of benzene rings is 2. The van der Waals surface area contributed by atoms with E-state index in [0.29, 0.717) is 23.9 Å². The molecule has 1 aliphatic rings. The fourth-order valence-corrected chi connectivity index (χ4v) is 5.82. The van der Waals surface area contributed by atoms with Crippen LogP contribution in [-0.2, 0) is 10.7 Å². The van der Waals surface area contributed by atoms with Crippen LogP contribution in [0.1, 0.15) is 52.5 Å². The van der Waals surface area contributed by atoms with Crippen molar-refractivity contribution in [2.45, 2.75) is 74.9 Å². The molecule has 3 rings (SSSR count). The number of carbonyl (C=O) groups is 1. The van der Waals surface area contributed by atoms with E-state index in [4.69, 9.17) is 39.6 Å². The third-order valence-corrected chi connectivity index (χ3v) is 8.22. The molecule has 1 amide bonds. The maximum atomic E-state index is 15.3. The molecule has 1 atom stereocenters. The summed E-state index contributed by atoms with van der Waals surface area (Å²) < 4.78 is 36.1. The molecule has 1 saturated heterocycles. The van der Waals surface area contributed by atoms with E-state index < -0.39 is 24.2 Å². The van der Waals surface area contributed by atoms with Gasteiger partial charge >= 0.3 is 6.09 Å². The van der Waals surface area contributed by atoms with Crippen molar-refractivity contribution in [3.8, 4) is 11.1 Å². The second kappa shape index (κ2) is 14.5. The molecule has 12 nitrogen and oxygen atoms in total. The van der Waals surface area contributed by atoms with Gasteiger partial charge in [0.1, 0.15) is 5.60 Å². The number of nitrogens with two attached hydrogens (primary N) is 4. The molecular weight excluding hydrogens is 602 g/mol. The third-order valence-electron chi connectivity index (χ3n) is 6.57. The van der Waals surface area contributed by atoms with E-state index in [1.807, 2.05) is 32.9 Å². The van der Waals surface area contributed by atoms with E-state index in [1.165, 1.54) is 19.1 Å². The average molecular weight is 641 g/mol. The van der Waals surface area contributed by atoms with Gasteiger partial charge in [-0.3, -0.25) is 16.2 Å². The van der Waals surface area contributed by atoms with E-state index in [1.54, 1.807) is 28.8 Å². The number of thioether (sulfide) groups is 1. The molecular formula is C27H39ClF2N10O2S. The fourth-order valence-electron chi connectivity index (χ4n) is 4.38. The Balaban J connectivity index is 1.81. The molecule has 0 aliphatic carbocycles. The van der Waals surface area contributed by atoms with E-state index >= 15 is 8.78 Å². The van der Waals surface area contributed by atoms with Crippen molar-refractivity contribution in [2.75, 3.05) is 18.1 Å². The summed E-state index contributed by atoms with van der Waals surface area (Å²) in [5.74, 6) is 13.0. The highest BCUT2D eigenvalue weighted by molar-refractivity contribution is 8.00. The zero-order chi connectivity index (χ0) is 31.9. The highest BCUT2D eigenvalue weighted by Gasteiger charge is 2.34. The van der Waals surface area contributed by atoms with Gasteiger partial charge in [0, 0.05) is 40.8 Å². The lowest BCUT2D eigenvalue weighted by molar-refractivity contribution is -0.00767. The first kappa shape index (κ1) is 34.3. The van der Waals surface area contributed by atoms with Crippen molar-refractivity contribution >= 4 is 41.1 Å². The maximum Gasteiger partial charge on any atom is 0.410 e. The molecule has 0 aromatic heterocycles. The molecule has 1 heterocycles. The van der Waals surface area contributed by atoms with Crippen LogP contribution >= 0.6 is 23.4 Å². The van der Waals surface area contributed by atoms with Crippen LogP contribution in [0, 0.1) is 0 Å². The topological polar surface area (TPSA) is 186 Å². The van der Waals surface area contributed by atoms with Gasteiger partial charge < -0.3 is 15.5 Å². The van der Waals surface area contributed by atoms with Gasteiger partial charge in [0.05, 0.1) is 10.7 Å². The number of guanidine groups is 1. The molecule has 0 radical (unpaired) electrons. The second-order valence-corrected chi connectivity index (χ2v) is 12.6. The molecule has 9 N–H and O–H groups in total. The van der Waals surface area contributed by atoms with Crippen LogP contribution in [0.2, 0.25) is 5.02 Å². The van der Waals surface area contributed by atoms with E-state index in [-0.39, 0.29) is 33.9 Å². The van der Waals surface area contributed by atoms with Gasteiger partial charge in [-0.05, 0) is 63.4 Å². The van der Waals surface area contributed by atoms with Crippen LogP contribution in [0.5, 0.6) is 0 Å². The fraction of sp³-hybridized carbons (Fsp3) is 0.481. The van der Waals surface area contributed by atoms with Gasteiger partial charge in [0.25, 0.3) is 11.9 Å². The van der Waals surface area contributed by atoms with Gasteiger partial charge in [0.15, 0.2) is 6.29 Å². The molecule has 43 heavy (non-hydrogen) atoms. The Morgan fingerprint density at radius 3 is 2.40 bits per heavy atom. The molecule has 16 heteroatoms. The van der Waals surface area contributed by atoms with Crippen molar-refractivity contribution in [2.24, 2.45) is 38.6 Å². The number of rotatable bonds is 8. The molecule has 1 aliphatic heterocycles. The highest BCUT2D eigenvalue weighted by Crippen LogP contribution is 2.44. The quantitative estimate of drug-likeness (QED) is 0.0656. The number of likely N-dealkylation sites (tertiary alicyclic amines) is 1. The molecule has 1 unspecified atom stereocenters. The largest absolute Gasteiger partial charge is 0.444 e. The van der Waals surface area contributed by atoms with Crippen LogP contribution < -0.4 is 33.7 Å². The lowest BCUT2D eigenvalue weighted by atomic mass is 9.93. The van der Waals surface area contributed by atoms with Gasteiger partial charge in [-0.1, -0.05) is 41.0 Å². The summed E-state index contributed by atoms with van der Waals surface area (Å²) in [5.41, 5.74) is 8.11. The van der Waals surface area contributed by atoms with Crippen molar-refractivity contribution in [1.29, 1.82) is 0 Å². The Bertz CT molecular complexity index is 1320. The van der Waals surface area contributed by atoms with Crippen LogP contribution in [0.25, 0.3) is 11.1 Å². The van der Waals surface area contributed by atoms with Crippen molar-refractivity contribution in [3.63, 3.8) is 0 Å². The summed E-state index contributed by atoms with van der Waals surface area (Å²) in [7, 11) is 0. The summed E-state index contributed by atoms with van der Waals surface area (Å²) in [6, 6.07) is 9.96. The number of hydrazine groups is 2. The van der Waals surface area contributed by atoms with Gasteiger partial charge in [-0.25, -0.2) is 30.3 Å². The molecule has 0 spiro atoms. The second-order valence-electron chi connectivity index (χ2n) is 10.9. The number of alkyl halides is 2. The lowest BCUT2D eigenvalue weighted by Crippen LogP contribution is -2.47. The van der Waals surface area contributed by atoms with E-state index in [9.17, 15) is 4.79 Å². The van der Waals surface area contributed by atoms with Gasteiger partial charge in [-0.15, -0.1) is 11.8 Å². The SMILES string of the molecule is CCC(F)(F)c1cc(N(N)C(N)N=C(N=NN)NN)cc(Cl)c1-c1ccc(SC2CCN(C(=O)OC(C)(C)C)CC2)cc1. The summed E-state index contributed by atoms with van der Waals surface area (Å²) in [5, 5.41) is 7.82. The van der Waals surface area contributed by atoms with E-state index in [2.05, 4.69) is 20.8 Å². The number of hydrogen-bond acceptors (Lipinski definition) is 9. The normalized spacial score (nSPS) is 16.0. The van der Waals surface area contributed by atoms with Crippen LogP contribution in [0.15, 0.2) is 56.6 Å². The molecule has 1 fully saturated rings. The zero-order valence-electron chi connectivity index (χ0n) is 24.6. The first-order chi connectivity index (χ1) is 20.2. The number of nitrogens with one attached hydrogen (secondary N) is 1. The Morgan fingerprint density at radius 1 is 1.23 bits per heavy atom. The Morgan fingerprint density at radius 2 is 1.86 bits per heavy atom. The first-order valence-electron chi connectivity index (χ1n) is 13.6. The summed E-state index contributed by atoms with van der Waals surface area (Å²) >= 11 is 8.30. The smallest absolute Gasteiger partial charge is 0.410 e. The number of ether oxygens (including phenoxy) is 1. The number of aliphatic imine (C=N–C) groups is 1. The Labute approximate surface area is 259 Å². The molecule has 2 aromatic rings. The number of anilines is 1. The maximum absolute atomic E-state index is 15.3. The predicted molar refractivity (Wildman–Crippen MR) is 166 cm³/mol.